The van der Waals surface area contributed by atoms with Crippen LogP contribution >= 0.6 is 0 Å². The molecule has 3 aliphatic carbocycles. The second-order valence-corrected chi connectivity index (χ2v) is 5.90. The Morgan fingerprint density at radius 3 is 2.53 bits per heavy atom. The third kappa shape index (κ3) is 1.31. The van der Waals surface area contributed by atoms with Crippen LogP contribution < -0.4 is 11.1 Å². The predicted octanol–water partition coefficient (Wildman–Crippen LogP) is 2.86. The van der Waals surface area contributed by atoms with Gasteiger partial charge in [-0.05, 0) is 61.1 Å². The topological polar surface area (TPSA) is 38.0 Å². The summed E-state index contributed by atoms with van der Waals surface area (Å²) in [6.07, 6.45) is 4.22. The van der Waals surface area contributed by atoms with E-state index in [0.717, 1.165) is 23.7 Å². The molecule has 2 bridgehead atoms. The number of nitrogen functional groups attached to an aromatic ring is 1. The lowest BCUT2D eigenvalue weighted by atomic mass is 10.0. The molecule has 3 saturated carbocycles. The highest BCUT2D eigenvalue weighted by atomic mass is 19.1. The van der Waals surface area contributed by atoms with E-state index in [9.17, 15) is 4.39 Å². The molecule has 0 aliphatic heterocycles. The number of nitrogens with one attached hydrogen (secondary N) is 1. The number of hydrogen-bond acceptors (Lipinski definition) is 2. The molecule has 3 N–H and O–H groups in total. The zero-order valence-electron chi connectivity index (χ0n) is 9.70. The first-order valence-electron chi connectivity index (χ1n) is 6.55. The van der Waals surface area contributed by atoms with Crippen molar-refractivity contribution in [1.82, 2.24) is 0 Å². The van der Waals surface area contributed by atoms with Crippen LogP contribution in [0, 0.1) is 29.5 Å². The van der Waals surface area contributed by atoms with E-state index in [2.05, 4.69) is 5.32 Å². The van der Waals surface area contributed by atoms with Gasteiger partial charge in [0.25, 0.3) is 0 Å². The first-order valence-corrected chi connectivity index (χ1v) is 6.55. The average Bonchev–Trinajstić information content (AvgIpc) is 2.70. The highest BCUT2D eigenvalue weighted by Crippen LogP contribution is 2.66. The van der Waals surface area contributed by atoms with E-state index in [0.29, 0.717) is 17.4 Å². The summed E-state index contributed by atoms with van der Waals surface area (Å²) in [5.41, 5.74) is 6.67. The Labute approximate surface area is 100 Å². The number of hydrogen-bond donors (Lipinski definition) is 2. The van der Waals surface area contributed by atoms with Crippen LogP contribution in [0.5, 0.6) is 0 Å². The minimum absolute atomic E-state index is 0.220. The monoisotopic (exact) mass is 232 g/mol. The SMILES string of the molecule is Nc1ccc(NC2C3C4CCC(C4)C23)c(F)c1. The first-order chi connectivity index (χ1) is 8.24. The molecule has 0 radical (unpaired) electrons. The number of anilines is 2. The summed E-state index contributed by atoms with van der Waals surface area (Å²) in [4.78, 5) is 0. The summed E-state index contributed by atoms with van der Waals surface area (Å²) in [5.74, 6) is 3.26. The Morgan fingerprint density at radius 1 is 1.18 bits per heavy atom. The molecule has 90 valence electrons. The fraction of sp³-hybridized carbons (Fsp3) is 0.571. The second kappa shape index (κ2) is 3.15. The molecular formula is C14H17FN2. The van der Waals surface area contributed by atoms with Gasteiger partial charge in [0.15, 0.2) is 0 Å². The van der Waals surface area contributed by atoms with Crippen molar-refractivity contribution < 1.29 is 4.39 Å². The van der Waals surface area contributed by atoms with E-state index >= 15 is 0 Å². The molecule has 0 heterocycles. The van der Waals surface area contributed by atoms with Crippen LogP contribution in [-0.4, -0.2) is 6.04 Å². The molecule has 4 unspecified atom stereocenters. The Bertz CT molecular complexity index is 457. The molecular weight excluding hydrogens is 215 g/mol. The van der Waals surface area contributed by atoms with Crippen LogP contribution in [0.3, 0.4) is 0 Å². The summed E-state index contributed by atoms with van der Waals surface area (Å²) >= 11 is 0. The summed E-state index contributed by atoms with van der Waals surface area (Å²) in [5, 5.41) is 3.38. The number of nitrogens with two attached hydrogens (primary N) is 1. The molecule has 1 aromatic carbocycles. The fourth-order valence-electron chi connectivity index (χ4n) is 4.35. The maximum atomic E-state index is 13.7. The molecule has 3 heteroatoms. The van der Waals surface area contributed by atoms with Crippen LogP contribution in [-0.2, 0) is 0 Å². The Kier molecular flexibility index (Phi) is 1.81. The molecule has 2 nitrogen and oxygen atoms in total. The van der Waals surface area contributed by atoms with Crippen LogP contribution in [0.4, 0.5) is 15.8 Å². The first kappa shape index (κ1) is 9.75. The predicted molar refractivity (Wildman–Crippen MR) is 66.0 cm³/mol. The number of rotatable bonds is 2. The summed E-state index contributed by atoms with van der Waals surface area (Å²) in [7, 11) is 0. The maximum absolute atomic E-state index is 13.7. The Balaban J connectivity index is 1.52. The van der Waals surface area contributed by atoms with Crippen molar-refractivity contribution in [3.05, 3.63) is 24.0 Å². The van der Waals surface area contributed by atoms with Gasteiger partial charge in [-0.25, -0.2) is 4.39 Å². The molecule has 0 spiro atoms. The smallest absolute Gasteiger partial charge is 0.148 e. The third-order valence-electron chi connectivity index (χ3n) is 5.05. The zero-order chi connectivity index (χ0) is 11.6. The number of benzene rings is 1. The number of halogens is 1. The minimum atomic E-state index is -0.220. The normalized spacial score (nSPS) is 41.4. The van der Waals surface area contributed by atoms with Gasteiger partial charge in [-0.2, -0.15) is 0 Å². The van der Waals surface area contributed by atoms with E-state index < -0.39 is 0 Å². The van der Waals surface area contributed by atoms with Crippen molar-refractivity contribution in [2.75, 3.05) is 11.1 Å². The molecule has 17 heavy (non-hydrogen) atoms. The van der Waals surface area contributed by atoms with Crippen molar-refractivity contribution in [3.8, 4) is 0 Å². The van der Waals surface area contributed by atoms with E-state index in [-0.39, 0.29) is 5.82 Å². The highest BCUT2D eigenvalue weighted by molar-refractivity contribution is 5.54. The Hall–Kier alpha value is -1.25. The lowest BCUT2D eigenvalue weighted by Crippen LogP contribution is -2.13. The molecule has 0 saturated heterocycles. The van der Waals surface area contributed by atoms with E-state index in [4.69, 9.17) is 5.73 Å². The van der Waals surface area contributed by atoms with Gasteiger partial charge in [0.05, 0.1) is 5.69 Å². The molecule has 1 aromatic rings. The van der Waals surface area contributed by atoms with Gasteiger partial charge >= 0.3 is 0 Å². The maximum Gasteiger partial charge on any atom is 0.148 e. The van der Waals surface area contributed by atoms with Gasteiger partial charge in [-0.3, -0.25) is 0 Å². The van der Waals surface area contributed by atoms with E-state index in [1.165, 1.54) is 25.3 Å². The lowest BCUT2D eigenvalue weighted by Gasteiger charge is -2.12. The average molecular weight is 232 g/mol. The van der Waals surface area contributed by atoms with Gasteiger partial charge in [-0.1, -0.05) is 0 Å². The Morgan fingerprint density at radius 2 is 1.88 bits per heavy atom. The standard InChI is InChI=1S/C14H17FN2/c15-10-6-9(16)3-4-11(10)17-14-12-7-1-2-8(5-7)13(12)14/h3-4,6-8,12-14,17H,1-2,5,16H2. The number of fused-ring (bicyclic) bond motifs is 5. The van der Waals surface area contributed by atoms with E-state index in [1.807, 2.05) is 0 Å². The van der Waals surface area contributed by atoms with Crippen molar-refractivity contribution in [2.45, 2.75) is 25.3 Å². The quantitative estimate of drug-likeness (QED) is 0.769. The van der Waals surface area contributed by atoms with Crippen molar-refractivity contribution in [3.63, 3.8) is 0 Å². The van der Waals surface area contributed by atoms with Gasteiger partial charge in [0.1, 0.15) is 5.82 Å². The summed E-state index contributed by atoms with van der Waals surface area (Å²) in [6, 6.07) is 5.45. The van der Waals surface area contributed by atoms with Crippen molar-refractivity contribution in [1.29, 1.82) is 0 Å². The van der Waals surface area contributed by atoms with Crippen molar-refractivity contribution >= 4 is 11.4 Å². The molecule has 0 amide bonds. The van der Waals surface area contributed by atoms with Crippen LogP contribution in [0.25, 0.3) is 0 Å². The van der Waals surface area contributed by atoms with Crippen molar-refractivity contribution in [2.24, 2.45) is 23.7 Å². The lowest BCUT2D eigenvalue weighted by molar-refractivity contribution is 0.456. The fourth-order valence-corrected chi connectivity index (χ4v) is 4.35. The van der Waals surface area contributed by atoms with Gasteiger partial charge in [-0.15, -0.1) is 0 Å². The van der Waals surface area contributed by atoms with Crippen LogP contribution in [0.1, 0.15) is 19.3 Å². The van der Waals surface area contributed by atoms with Gasteiger partial charge in [0.2, 0.25) is 0 Å². The third-order valence-corrected chi connectivity index (χ3v) is 5.05. The zero-order valence-corrected chi connectivity index (χ0v) is 9.70. The second-order valence-electron chi connectivity index (χ2n) is 5.90. The minimum Gasteiger partial charge on any atom is -0.399 e. The largest absolute Gasteiger partial charge is 0.399 e. The van der Waals surface area contributed by atoms with Crippen LogP contribution in [0.15, 0.2) is 18.2 Å². The molecule has 3 aliphatic rings. The van der Waals surface area contributed by atoms with Gasteiger partial charge in [0, 0.05) is 11.7 Å². The highest BCUT2D eigenvalue weighted by Gasteiger charge is 2.65. The summed E-state index contributed by atoms with van der Waals surface area (Å²) < 4.78 is 13.7. The van der Waals surface area contributed by atoms with Gasteiger partial charge < -0.3 is 11.1 Å². The molecule has 4 atom stereocenters. The molecule has 0 aromatic heterocycles. The molecule has 3 fully saturated rings. The summed E-state index contributed by atoms with van der Waals surface area (Å²) in [6.45, 7) is 0. The molecule has 4 rings (SSSR count). The van der Waals surface area contributed by atoms with E-state index in [1.54, 1.807) is 12.1 Å². The van der Waals surface area contributed by atoms with Crippen LogP contribution in [0.2, 0.25) is 0 Å².